The average Bonchev–Trinajstić information content (AvgIpc) is 3.46. The molecule has 0 aliphatic rings. The molecule has 0 bridgehead atoms. The molecule has 0 spiro atoms. The van der Waals surface area contributed by atoms with Gasteiger partial charge in [-0.2, -0.15) is 10.4 Å². The van der Waals surface area contributed by atoms with Gasteiger partial charge in [0.1, 0.15) is 30.6 Å². The largest absolute Gasteiger partial charge is 0.388 e. The number of aliphatic hydroxyl groups is 1. The van der Waals surface area contributed by atoms with Crippen LogP contribution in [0.25, 0.3) is 5.52 Å². The number of nitrogen functional groups attached to an aromatic ring is 1. The zero-order valence-corrected chi connectivity index (χ0v) is 28.6. The highest BCUT2D eigenvalue weighted by atomic mass is 31.2. The minimum Gasteiger partial charge on any atom is -0.388 e. The van der Waals surface area contributed by atoms with Crippen LogP contribution in [0.4, 0.5) is 5.82 Å². The molecule has 0 radical (unpaired) electrons. The predicted molar refractivity (Wildman–Crippen MR) is 178 cm³/mol. The first-order valence-corrected chi connectivity index (χ1v) is 18.1. The van der Waals surface area contributed by atoms with Gasteiger partial charge >= 0.3 is 8.60 Å². The third-order valence-electron chi connectivity index (χ3n) is 8.22. The molecule has 0 aromatic carbocycles. The van der Waals surface area contributed by atoms with Gasteiger partial charge < -0.3 is 34.3 Å². The van der Waals surface area contributed by atoms with E-state index in [0.717, 1.165) is 13.0 Å². The lowest BCUT2D eigenvalue weighted by Gasteiger charge is -2.30. The Morgan fingerprint density at radius 2 is 1.47 bits per heavy atom. The van der Waals surface area contributed by atoms with E-state index in [-0.39, 0.29) is 19.6 Å². The summed E-state index contributed by atoms with van der Waals surface area (Å²) in [4.78, 5) is 14.1. The van der Waals surface area contributed by atoms with Crippen LogP contribution in [0.1, 0.15) is 122 Å². The second kappa shape index (κ2) is 24.3. The average molecular weight is 652 g/mol. The van der Waals surface area contributed by atoms with Crippen LogP contribution in [-0.2, 0) is 24.9 Å². The summed E-state index contributed by atoms with van der Waals surface area (Å²) in [5, 5.41) is 24.8. The first-order chi connectivity index (χ1) is 22.0. The monoisotopic (exact) mass is 651 g/mol. The number of aliphatic hydroxyl groups excluding tert-OH is 1. The van der Waals surface area contributed by atoms with Crippen LogP contribution < -0.4 is 5.73 Å². The molecule has 2 rings (SSSR count). The molecular weight excluding hydrogens is 593 g/mol. The first-order valence-electron chi connectivity index (χ1n) is 17.0. The zero-order chi connectivity index (χ0) is 32.6. The molecule has 0 saturated carbocycles. The summed E-state index contributed by atoms with van der Waals surface area (Å²) in [5.41, 5.74) is 5.37. The summed E-state index contributed by atoms with van der Waals surface area (Å²) in [6, 6.07) is 5.46. The van der Waals surface area contributed by atoms with E-state index < -0.39 is 20.3 Å². The van der Waals surface area contributed by atoms with E-state index in [0.29, 0.717) is 30.1 Å². The van der Waals surface area contributed by atoms with E-state index in [1.165, 1.54) is 110 Å². The van der Waals surface area contributed by atoms with Crippen LogP contribution in [0.3, 0.4) is 0 Å². The van der Waals surface area contributed by atoms with Crippen molar-refractivity contribution in [3.8, 4) is 6.07 Å². The predicted octanol–water partition coefficient (Wildman–Crippen LogP) is 7.04. The molecule has 2 heterocycles. The topological polar surface area (TPSA) is 157 Å². The van der Waals surface area contributed by atoms with E-state index >= 15 is 0 Å². The molecule has 45 heavy (non-hydrogen) atoms. The van der Waals surface area contributed by atoms with Gasteiger partial charge in [0.05, 0.1) is 6.61 Å². The summed E-state index contributed by atoms with van der Waals surface area (Å²) < 4.78 is 23.3. The van der Waals surface area contributed by atoms with Crippen LogP contribution in [0, 0.1) is 11.3 Å². The number of nitrogens with two attached hydrogens (primary N) is 1. The highest BCUT2D eigenvalue weighted by Crippen LogP contribution is 2.35. The van der Waals surface area contributed by atoms with Crippen molar-refractivity contribution < 1.29 is 28.5 Å². The number of hydrogen-bond donors (Lipinski definition) is 3. The minimum absolute atomic E-state index is 0.0380. The second-order valence-electron chi connectivity index (χ2n) is 11.8. The lowest BCUT2D eigenvalue weighted by molar-refractivity contribution is -0.0877. The van der Waals surface area contributed by atoms with Crippen LogP contribution >= 0.6 is 8.60 Å². The molecule has 12 heteroatoms. The number of ether oxygens (including phenoxy) is 2. The van der Waals surface area contributed by atoms with Gasteiger partial charge in [-0.25, -0.2) is 9.50 Å². The van der Waals surface area contributed by atoms with Gasteiger partial charge in [0.15, 0.2) is 5.82 Å². The fourth-order valence-electron chi connectivity index (χ4n) is 5.31. The summed E-state index contributed by atoms with van der Waals surface area (Å²) >= 11 is 0. The summed E-state index contributed by atoms with van der Waals surface area (Å²) in [6.07, 6.45) is 22.2. The number of anilines is 1. The Morgan fingerprint density at radius 1 is 0.889 bits per heavy atom. The van der Waals surface area contributed by atoms with Crippen molar-refractivity contribution in [1.82, 2.24) is 14.6 Å². The maximum Gasteiger partial charge on any atom is 0.329 e. The Morgan fingerprint density at radius 3 is 2.04 bits per heavy atom. The summed E-state index contributed by atoms with van der Waals surface area (Å²) in [6.45, 7) is 3.43. The van der Waals surface area contributed by atoms with Crippen molar-refractivity contribution in [2.45, 2.75) is 134 Å². The first kappa shape index (κ1) is 39.3. The standard InChI is InChI=1S/C33H58N5O6P/c1-3-4-5-6-7-8-9-10-11-12-13-14-15-16-17-18-22-42-23-19-24-43-45(40)44-27-33(26-34,41-2)31(39)25-29-20-21-30-32(35)36-28-37-38(29)30/h20-21,28,31,39-40H,3-19,22-25,27H2,1-2H3,(H2,35,36,37). The molecule has 0 aliphatic carbocycles. The quantitative estimate of drug-likeness (QED) is 0.0615. The number of fused-ring (bicyclic) bond motifs is 1. The van der Waals surface area contributed by atoms with Crippen LogP contribution in [0.5, 0.6) is 0 Å². The van der Waals surface area contributed by atoms with Crippen molar-refractivity contribution >= 4 is 19.9 Å². The third-order valence-corrected chi connectivity index (χ3v) is 8.97. The Balaban J connectivity index is 1.44. The Bertz CT molecular complexity index is 1070. The van der Waals surface area contributed by atoms with Gasteiger partial charge in [0, 0.05) is 32.4 Å². The van der Waals surface area contributed by atoms with Crippen molar-refractivity contribution in [2.24, 2.45) is 0 Å². The Kier molecular flexibility index (Phi) is 21.2. The van der Waals surface area contributed by atoms with Gasteiger partial charge in [-0.3, -0.25) is 0 Å². The van der Waals surface area contributed by atoms with E-state index in [4.69, 9.17) is 24.3 Å². The molecule has 0 fully saturated rings. The number of methoxy groups -OCH3 is 1. The van der Waals surface area contributed by atoms with Crippen molar-refractivity contribution in [2.75, 3.05) is 39.3 Å². The van der Waals surface area contributed by atoms with Crippen molar-refractivity contribution in [3.05, 3.63) is 24.2 Å². The molecule has 3 unspecified atom stereocenters. The Labute approximate surface area is 271 Å². The highest BCUT2D eigenvalue weighted by molar-refractivity contribution is 7.40. The maximum atomic E-state index is 10.9. The van der Waals surface area contributed by atoms with Gasteiger partial charge in [-0.05, 0) is 25.0 Å². The maximum absolute atomic E-state index is 10.9. The third kappa shape index (κ3) is 15.5. The fraction of sp³-hybridized carbons (Fsp3) is 0.788. The smallest absolute Gasteiger partial charge is 0.329 e. The molecular formula is C33H58N5O6P. The molecule has 11 nitrogen and oxygen atoms in total. The van der Waals surface area contributed by atoms with Gasteiger partial charge in [-0.1, -0.05) is 103 Å². The molecule has 0 aliphatic heterocycles. The lowest BCUT2D eigenvalue weighted by atomic mass is 9.95. The zero-order valence-electron chi connectivity index (χ0n) is 27.7. The second-order valence-corrected chi connectivity index (χ2v) is 12.8. The molecule has 3 atom stereocenters. The molecule has 0 amide bonds. The van der Waals surface area contributed by atoms with Crippen molar-refractivity contribution in [1.29, 1.82) is 5.26 Å². The number of unbranched alkanes of at least 4 members (excludes halogenated alkanes) is 15. The van der Waals surface area contributed by atoms with Crippen LogP contribution in [-0.4, -0.2) is 69.8 Å². The van der Waals surface area contributed by atoms with Gasteiger partial charge in [0.25, 0.3) is 0 Å². The van der Waals surface area contributed by atoms with Crippen LogP contribution in [0.15, 0.2) is 18.5 Å². The molecule has 0 saturated heterocycles. The Hall–Kier alpha value is -1.90. The highest BCUT2D eigenvalue weighted by Gasteiger charge is 2.40. The molecule has 2 aromatic heterocycles. The van der Waals surface area contributed by atoms with E-state index in [1.807, 2.05) is 6.07 Å². The number of nitriles is 1. The molecule has 256 valence electrons. The normalized spacial score (nSPS) is 14.4. The molecule has 2 aromatic rings. The summed E-state index contributed by atoms with van der Waals surface area (Å²) in [5.74, 6) is 0.307. The molecule has 4 N–H and O–H groups in total. The fourth-order valence-corrected chi connectivity index (χ4v) is 5.98. The number of hydrogen-bond acceptors (Lipinski definition) is 10. The van der Waals surface area contributed by atoms with E-state index in [9.17, 15) is 15.3 Å². The van der Waals surface area contributed by atoms with Crippen molar-refractivity contribution in [3.63, 3.8) is 0 Å². The number of nitrogens with zero attached hydrogens (tertiary/aromatic N) is 4. The number of rotatable bonds is 29. The van der Waals surface area contributed by atoms with Gasteiger partial charge in [-0.15, -0.1) is 0 Å². The number of aromatic nitrogens is 3. The SMILES string of the molecule is CCCCCCCCCCCCCCCCCCOCCCOP(O)OCC(C#N)(OC)C(O)Cc1ccc2c(N)ncnn12. The van der Waals surface area contributed by atoms with Crippen LogP contribution in [0.2, 0.25) is 0 Å². The van der Waals surface area contributed by atoms with Gasteiger partial charge in [0.2, 0.25) is 5.60 Å². The minimum atomic E-state index is -2.25. The summed E-state index contributed by atoms with van der Waals surface area (Å²) in [7, 11) is -0.942. The lowest BCUT2D eigenvalue weighted by Crippen LogP contribution is -2.48. The van der Waals surface area contributed by atoms with E-state index in [1.54, 1.807) is 16.6 Å². The van der Waals surface area contributed by atoms with E-state index in [2.05, 4.69) is 17.0 Å².